The summed E-state index contributed by atoms with van der Waals surface area (Å²) in [5, 5.41) is 2.69. The van der Waals surface area contributed by atoms with Crippen LogP contribution in [0.3, 0.4) is 0 Å². The van der Waals surface area contributed by atoms with Crippen molar-refractivity contribution in [3.05, 3.63) is 54.1 Å². The molecular formula is C20H23N5O2. The maximum atomic E-state index is 13.1. The molecule has 2 aliphatic rings. The molecule has 0 unspecified atom stereocenters. The Labute approximate surface area is 158 Å². The van der Waals surface area contributed by atoms with Crippen LogP contribution >= 0.6 is 0 Å². The zero-order chi connectivity index (χ0) is 18.9. The van der Waals surface area contributed by atoms with Crippen molar-refractivity contribution < 1.29 is 9.59 Å². The number of likely N-dealkylation sites (tertiary alicyclic amines) is 1. The Morgan fingerprint density at radius 1 is 1.19 bits per heavy atom. The molecular weight excluding hydrogens is 342 g/mol. The van der Waals surface area contributed by atoms with Gasteiger partial charge in [-0.15, -0.1) is 0 Å². The average Bonchev–Trinajstić information content (AvgIpc) is 2.73. The Morgan fingerprint density at radius 2 is 1.89 bits per heavy atom. The molecule has 2 amide bonds. The van der Waals surface area contributed by atoms with Gasteiger partial charge in [-0.25, -0.2) is 9.97 Å². The highest BCUT2D eigenvalue weighted by Gasteiger charge is 2.45. The van der Waals surface area contributed by atoms with Crippen molar-refractivity contribution in [3.8, 4) is 0 Å². The molecule has 27 heavy (non-hydrogen) atoms. The molecule has 0 saturated carbocycles. The number of hydrogen-bond acceptors (Lipinski definition) is 5. The van der Waals surface area contributed by atoms with Gasteiger partial charge in [-0.05, 0) is 37.6 Å². The standard InChI is InChI=1S/C20H23N5O2/c1-21-18(26)12-24-8-6-20(7-9-24)13-25(15-10-22-14-23-11-15)19(27)16-4-2-3-5-17(16)20/h2-5,10-11,14H,6-9,12-13H2,1H3,(H,21,26). The fraction of sp³-hybridized carbons (Fsp3) is 0.400. The number of carbonyl (C=O) groups is 2. The molecule has 2 aromatic rings. The van der Waals surface area contributed by atoms with E-state index >= 15 is 0 Å². The molecule has 1 fully saturated rings. The van der Waals surface area contributed by atoms with E-state index < -0.39 is 0 Å². The molecule has 1 N–H and O–H groups in total. The molecule has 7 nitrogen and oxygen atoms in total. The number of hydrogen-bond donors (Lipinski definition) is 1. The van der Waals surface area contributed by atoms with E-state index in [1.807, 2.05) is 18.2 Å². The first kappa shape index (κ1) is 17.6. The second-order valence-corrected chi connectivity index (χ2v) is 7.26. The third kappa shape index (κ3) is 3.19. The summed E-state index contributed by atoms with van der Waals surface area (Å²) in [6, 6.07) is 7.91. The van der Waals surface area contributed by atoms with Gasteiger partial charge in [0.15, 0.2) is 0 Å². The number of fused-ring (bicyclic) bond motifs is 2. The number of carbonyl (C=O) groups excluding carboxylic acids is 2. The number of nitrogens with zero attached hydrogens (tertiary/aromatic N) is 4. The van der Waals surface area contributed by atoms with Crippen LogP contribution < -0.4 is 10.2 Å². The van der Waals surface area contributed by atoms with Gasteiger partial charge in [0.2, 0.25) is 5.91 Å². The van der Waals surface area contributed by atoms with Crippen LogP contribution in [-0.4, -0.2) is 59.9 Å². The van der Waals surface area contributed by atoms with E-state index in [0.717, 1.165) is 42.7 Å². The first-order valence-electron chi connectivity index (χ1n) is 9.22. The van der Waals surface area contributed by atoms with E-state index in [0.29, 0.717) is 13.1 Å². The highest BCUT2D eigenvalue weighted by atomic mass is 16.2. The van der Waals surface area contributed by atoms with Gasteiger partial charge in [0, 0.05) is 24.6 Å². The topological polar surface area (TPSA) is 78.4 Å². The molecule has 3 heterocycles. The summed E-state index contributed by atoms with van der Waals surface area (Å²) in [6.45, 7) is 2.69. The summed E-state index contributed by atoms with van der Waals surface area (Å²) < 4.78 is 0. The van der Waals surface area contributed by atoms with Crippen LogP contribution in [0.1, 0.15) is 28.8 Å². The monoisotopic (exact) mass is 365 g/mol. The summed E-state index contributed by atoms with van der Waals surface area (Å²) >= 11 is 0. The fourth-order valence-electron chi connectivity index (χ4n) is 4.23. The second-order valence-electron chi connectivity index (χ2n) is 7.26. The Kier molecular flexibility index (Phi) is 4.61. The van der Waals surface area contributed by atoms with E-state index in [-0.39, 0.29) is 17.2 Å². The van der Waals surface area contributed by atoms with Crippen LogP contribution in [0.4, 0.5) is 5.69 Å². The van der Waals surface area contributed by atoms with Crippen LogP contribution in [0.2, 0.25) is 0 Å². The summed E-state index contributed by atoms with van der Waals surface area (Å²) in [4.78, 5) is 36.9. The quantitative estimate of drug-likeness (QED) is 0.885. The Balaban J connectivity index is 1.65. The molecule has 0 aliphatic carbocycles. The molecule has 1 aromatic carbocycles. The fourth-order valence-corrected chi connectivity index (χ4v) is 4.23. The highest BCUT2D eigenvalue weighted by Crippen LogP contribution is 2.42. The zero-order valence-corrected chi connectivity index (χ0v) is 15.4. The number of piperidine rings is 1. The first-order valence-corrected chi connectivity index (χ1v) is 9.22. The zero-order valence-electron chi connectivity index (χ0n) is 15.4. The predicted molar refractivity (Wildman–Crippen MR) is 102 cm³/mol. The molecule has 1 saturated heterocycles. The Morgan fingerprint density at radius 3 is 2.59 bits per heavy atom. The van der Waals surface area contributed by atoms with Crippen molar-refractivity contribution >= 4 is 17.5 Å². The second kappa shape index (κ2) is 7.08. The number of aromatic nitrogens is 2. The molecule has 0 bridgehead atoms. The lowest BCUT2D eigenvalue weighted by Crippen LogP contribution is -2.55. The van der Waals surface area contributed by atoms with Gasteiger partial charge in [-0.1, -0.05) is 18.2 Å². The Hall–Kier alpha value is -2.80. The summed E-state index contributed by atoms with van der Waals surface area (Å²) in [6.07, 6.45) is 6.65. The molecule has 1 spiro atoms. The van der Waals surface area contributed by atoms with Crippen LogP contribution in [0.5, 0.6) is 0 Å². The first-order chi connectivity index (χ1) is 13.1. The summed E-state index contributed by atoms with van der Waals surface area (Å²) in [7, 11) is 1.66. The van der Waals surface area contributed by atoms with Crippen LogP contribution in [-0.2, 0) is 10.2 Å². The lowest BCUT2D eigenvalue weighted by Gasteiger charge is -2.48. The lowest BCUT2D eigenvalue weighted by molar-refractivity contribution is -0.122. The number of benzene rings is 1. The molecule has 0 atom stereocenters. The van der Waals surface area contributed by atoms with E-state index in [1.165, 1.54) is 6.33 Å². The Bertz CT molecular complexity index is 846. The number of likely N-dealkylation sites (N-methyl/N-ethyl adjacent to an activating group) is 1. The minimum Gasteiger partial charge on any atom is -0.358 e. The van der Waals surface area contributed by atoms with Gasteiger partial charge in [-0.3, -0.25) is 14.5 Å². The van der Waals surface area contributed by atoms with Crippen molar-refractivity contribution in [2.45, 2.75) is 18.3 Å². The minimum absolute atomic E-state index is 0.00110. The number of rotatable bonds is 3. The van der Waals surface area contributed by atoms with Crippen LogP contribution in [0.15, 0.2) is 43.0 Å². The third-order valence-electron chi connectivity index (χ3n) is 5.75. The number of anilines is 1. The van der Waals surface area contributed by atoms with Crippen molar-refractivity contribution in [1.82, 2.24) is 20.2 Å². The van der Waals surface area contributed by atoms with Crippen molar-refractivity contribution in [2.24, 2.45) is 0 Å². The summed E-state index contributed by atoms with van der Waals surface area (Å²) in [5.74, 6) is 0.0343. The molecule has 1 aromatic heterocycles. The van der Waals surface area contributed by atoms with Crippen molar-refractivity contribution in [2.75, 3.05) is 38.1 Å². The SMILES string of the molecule is CNC(=O)CN1CCC2(CC1)CN(c1cncnc1)C(=O)c1ccccc12. The van der Waals surface area contributed by atoms with Gasteiger partial charge in [0.1, 0.15) is 6.33 Å². The molecule has 2 aliphatic heterocycles. The van der Waals surface area contributed by atoms with Crippen LogP contribution in [0, 0.1) is 0 Å². The highest BCUT2D eigenvalue weighted by molar-refractivity contribution is 6.08. The van der Waals surface area contributed by atoms with Gasteiger partial charge in [-0.2, -0.15) is 0 Å². The van der Waals surface area contributed by atoms with E-state index in [1.54, 1.807) is 24.3 Å². The maximum absolute atomic E-state index is 13.1. The predicted octanol–water partition coefficient (Wildman–Crippen LogP) is 1.22. The molecule has 7 heteroatoms. The maximum Gasteiger partial charge on any atom is 0.258 e. The normalized spacial score (nSPS) is 19.0. The molecule has 0 radical (unpaired) electrons. The van der Waals surface area contributed by atoms with Gasteiger partial charge >= 0.3 is 0 Å². The van der Waals surface area contributed by atoms with E-state index in [4.69, 9.17) is 0 Å². The van der Waals surface area contributed by atoms with Crippen LogP contribution in [0.25, 0.3) is 0 Å². The van der Waals surface area contributed by atoms with Gasteiger partial charge in [0.25, 0.3) is 5.91 Å². The lowest BCUT2D eigenvalue weighted by atomic mass is 9.68. The number of amides is 2. The molecule has 140 valence electrons. The van der Waals surface area contributed by atoms with E-state index in [9.17, 15) is 9.59 Å². The largest absolute Gasteiger partial charge is 0.358 e. The summed E-state index contributed by atoms with van der Waals surface area (Å²) in [5.41, 5.74) is 2.50. The third-order valence-corrected chi connectivity index (χ3v) is 5.75. The van der Waals surface area contributed by atoms with Gasteiger partial charge in [0.05, 0.1) is 24.6 Å². The van der Waals surface area contributed by atoms with Crippen molar-refractivity contribution in [1.29, 1.82) is 0 Å². The van der Waals surface area contributed by atoms with Gasteiger partial charge < -0.3 is 10.2 Å². The number of nitrogens with one attached hydrogen (secondary N) is 1. The smallest absolute Gasteiger partial charge is 0.258 e. The van der Waals surface area contributed by atoms with Crippen molar-refractivity contribution in [3.63, 3.8) is 0 Å². The van der Waals surface area contributed by atoms with E-state index in [2.05, 4.69) is 26.3 Å². The minimum atomic E-state index is -0.112. The molecule has 4 rings (SSSR count). The average molecular weight is 365 g/mol.